The second-order valence-corrected chi connectivity index (χ2v) is 3.21. The van der Waals surface area contributed by atoms with Gasteiger partial charge in [0.05, 0.1) is 0 Å². The van der Waals surface area contributed by atoms with Gasteiger partial charge in [0.1, 0.15) is 0 Å². The molecular weight excluding hydrogens is 201 g/mol. The summed E-state index contributed by atoms with van der Waals surface area (Å²) in [4.78, 5) is 9.04. The summed E-state index contributed by atoms with van der Waals surface area (Å²) < 4.78 is 0. The first kappa shape index (κ1) is 9.42. The molecule has 1 unspecified atom stereocenters. The maximum atomic E-state index is 10.6. The highest BCUT2D eigenvalue weighted by atomic mass is 35.5. The summed E-state index contributed by atoms with van der Waals surface area (Å²) in [5.74, 6) is -0.805. The highest BCUT2D eigenvalue weighted by molar-refractivity contribution is 6.35. The minimum atomic E-state index is -1.52. The number of hydrogen-bond donors (Lipinski definition) is 2. The van der Waals surface area contributed by atoms with Crippen molar-refractivity contribution in [3.63, 3.8) is 0 Å². The lowest BCUT2D eigenvalue weighted by Crippen LogP contribution is -2.44. The number of dihydropyridines is 1. The molecule has 0 spiro atoms. The van der Waals surface area contributed by atoms with Crippen molar-refractivity contribution in [1.29, 1.82) is 0 Å². The predicted molar refractivity (Wildman–Crippen MR) is 47.3 cm³/mol. The standard InChI is InChI=1S/C7H7Cl2NO2/c8-3-5-1-2-7(9,6(11)12)10-4-5/h1-2,4,10H,3H2,(H,11,12). The third-order valence-corrected chi connectivity index (χ3v) is 2.17. The highest BCUT2D eigenvalue weighted by Crippen LogP contribution is 2.19. The predicted octanol–water partition coefficient (Wildman–Crippen LogP) is 1.29. The van der Waals surface area contributed by atoms with Crippen LogP contribution in [0.3, 0.4) is 0 Å². The SMILES string of the molecule is O=C(O)C1(Cl)C=CC(CCl)=CN1. The van der Waals surface area contributed by atoms with E-state index in [9.17, 15) is 4.79 Å². The third kappa shape index (κ3) is 1.73. The van der Waals surface area contributed by atoms with Crippen molar-refractivity contribution in [2.45, 2.75) is 5.00 Å². The van der Waals surface area contributed by atoms with Crippen LogP contribution in [0.2, 0.25) is 0 Å². The smallest absolute Gasteiger partial charge is 0.349 e. The summed E-state index contributed by atoms with van der Waals surface area (Å²) >= 11 is 11.2. The Balaban J connectivity index is 2.76. The van der Waals surface area contributed by atoms with Crippen molar-refractivity contribution in [3.8, 4) is 0 Å². The van der Waals surface area contributed by atoms with Crippen LogP contribution in [-0.2, 0) is 4.79 Å². The van der Waals surface area contributed by atoms with Gasteiger partial charge in [0, 0.05) is 12.1 Å². The number of aliphatic carboxylic acids is 1. The fourth-order valence-corrected chi connectivity index (χ4v) is 1.02. The molecule has 1 heterocycles. The number of rotatable bonds is 2. The fraction of sp³-hybridized carbons (Fsp3) is 0.286. The summed E-state index contributed by atoms with van der Waals surface area (Å²) in [7, 11) is 0. The molecule has 0 aromatic carbocycles. The number of hydrogen-bond acceptors (Lipinski definition) is 2. The molecule has 1 rings (SSSR count). The van der Waals surface area contributed by atoms with E-state index >= 15 is 0 Å². The van der Waals surface area contributed by atoms with Crippen LogP contribution in [0.25, 0.3) is 0 Å². The zero-order valence-electron chi connectivity index (χ0n) is 6.05. The Morgan fingerprint density at radius 3 is 2.75 bits per heavy atom. The first-order valence-electron chi connectivity index (χ1n) is 3.23. The summed E-state index contributed by atoms with van der Waals surface area (Å²) in [6.45, 7) is 0. The van der Waals surface area contributed by atoms with Gasteiger partial charge < -0.3 is 10.4 Å². The molecule has 12 heavy (non-hydrogen) atoms. The van der Waals surface area contributed by atoms with Gasteiger partial charge in [-0.1, -0.05) is 17.7 Å². The van der Waals surface area contributed by atoms with E-state index < -0.39 is 11.0 Å². The van der Waals surface area contributed by atoms with E-state index in [0.717, 1.165) is 5.57 Å². The molecule has 2 N–H and O–H groups in total. The van der Waals surface area contributed by atoms with Crippen molar-refractivity contribution in [3.05, 3.63) is 23.9 Å². The van der Waals surface area contributed by atoms with Crippen LogP contribution in [0.15, 0.2) is 23.9 Å². The molecule has 1 aliphatic heterocycles. The lowest BCUT2D eigenvalue weighted by molar-refractivity contribution is -0.139. The molecular formula is C7H7Cl2NO2. The molecule has 0 fully saturated rings. The van der Waals surface area contributed by atoms with Crippen LogP contribution in [0, 0.1) is 0 Å². The molecule has 0 saturated carbocycles. The largest absolute Gasteiger partial charge is 0.478 e. The molecule has 5 heteroatoms. The molecule has 0 aromatic heterocycles. The molecule has 66 valence electrons. The van der Waals surface area contributed by atoms with E-state index in [1.54, 1.807) is 6.08 Å². The van der Waals surface area contributed by atoms with Crippen molar-refractivity contribution in [1.82, 2.24) is 5.32 Å². The van der Waals surface area contributed by atoms with Crippen LogP contribution in [0.5, 0.6) is 0 Å². The molecule has 0 saturated heterocycles. The fourth-order valence-electron chi connectivity index (χ4n) is 0.732. The molecule has 1 atom stereocenters. The van der Waals surface area contributed by atoms with E-state index in [1.807, 2.05) is 0 Å². The van der Waals surface area contributed by atoms with Gasteiger partial charge in [-0.3, -0.25) is 0 Å². The van der Waals surface area contributed by atoms with Gasteiger partial charge in [0.25, 0.3) is 0 Å². The Morgan fingerprint density at radius 2 is 2.42 bits per heavy atom. The number of nitrogens with one attached hydrogen (secondary N) is 1. The van der Waals surface area contributed by atoms with Gasteiger partial charge in [-0.2, -0.15) is 0 Å². The number of allylic oxidation sites excluding steroid dienone is 2. The molecule has 3 nitrogen and oxygen atoms in total. The molecule has 0 aromatic rings. The minimum Gasteiger partial charge on any atom is -0.478 e. The second-order valence-electron chi connectivity index (χ2n) is 2.35. The van der Waals surface area contributed by atoms with Crippen LogP contribution >= 0.6 is 23.2 Å². The Hall–Kier alpha value is -0.670. The highest BCUT2D eigenvalue weighted by Gasteiger charge is 2.33. The van der Waals surface area contributed by atoms with Gasteiger partial charge in [-0.15, -0.1) is 11.6 Å². The number of halogens is 2. The molecule has 0 bridgehead atoms. The maximum Gasteiger partial charge on any atom is 0.349 e. The van der Waals surface area contributed by atoms with Gasteiger partial charge >= 0.3 is 5.97 Å². The number of carboxylic acids is 1. The lowest BCUT2D eigenvalue weighted by Gasteiger charge is -2.22. The zero-order chi connectivity index (χ0) is 9.19. The number of carbonyl (C=O) groups is 1. The van der Waals surface area contributed by atoms with E-state index in [1.165, 1.54) is 12.3 Å². The first-order chi connectivity index (χ1) is 5.58. The van der Waals surface area contributed by atoms with E-state index in [2.05, 4.69) is 5.32 Å². The maximum absolute atomic E-state index is 10.6. The minimum absolute atomic E-state index is 0.329. The van der Waals surface area contributed by atoms with Crippen molar-refractivity contribution < 1.29 is 9.90 Å². The molecule has 0 amide bonds. The monoisotopic (exact) mass is 207 g/mol. The molecule has 0 aliphatic carbocycles. The lowest BCUT2D eigenvalue weighted by atomic mass is 10.1. The number of alkyl halides is 2. The Labute approximate surface area is 79.7 Å². The molecule has 1 aliphatic rings. The van der Waals surface area contributed by atoms with Crippen LogP contribution in [0.1, 0.15) is 0 Å². The molecule has 0 radical (unpaired) electrons. The summed E-state index contributed by atoms with van der Waals surface area (Å²) in [6.07, 6.45) is 4.44. The summed E-state index contributed by atoms with van der Waals surface area (Å²) in [6, 6.07) is 0. The Bertz CT molecular complexity index is 262. The van der Waals surface area contributed by atoms with Crippen molar-refractivity contribution in [2.24, 2.45) is 0 Å². The first-order valence-corrected chi connectivity index (χ1v) is 4.14. The van der Waals surface area contributed by atoms with E-state index in [4.69, 9.17) is 28.3 Å². The van der Waals surface area contributed by atoms with Gasteiger partial charge in [0.15, 0.2) is 0 Å². The van der Waals surface area contributed by atoms with Gasteiger partial charge in [0.2, 0.25) is 5.00 Å². The average Bonchev–Trinajstić information content (AvgIpc) is 2.06. The third-order valence-electron chi connectivity index (χ3n) is 1.46. The summed E-state index contributed by atoms with van der Waals surface area (Å²) in [5.41, 5.74) is 0.800. The van der Waals surface area contributed by atoms with Gasteiger partial charge in [-0.25, -0.2) is 4.79 Å². The van der Waals surface area contributed by atoms with E-state index in [0.29, 0.717) is 5.88 Å². The van der Waals surface area contributed by atoms with Crippen molar-refractivity contribution >= 4 is 29.2 Å². The second kappa shape index (κ2) is 3.37. The van der Waals surface area contributed by atoms with Crippen LogP contribution < -0.4 is 5.32 Å². The zero-order valence-corrected chi connectivity index (χ0v) is 7.56. The quantitative estimate of drug-likeness (QED) is 0.531. The number of carboxylic acid groups (broad SMARTS) is 1. The van der Waals surface area contributed by atoms with E-state index in [-0.39, 0.29) is 0 Å². The van der Waals surface area contributed by atoms with Crippen molar-refractivity contribution in [2.75, 3.05) is 5.88 Å². The average molecular weight is 208 g/mol. The summed E-state index contributed by atoms with van der Waals surface area (Å²) in [5, 5.41) is 11.2. The normalized spacial score (nSPS) is 27.7. The Morgan fingerprint density at radius 1 is 1.75 bits per heavy atom. The topological polar surface area (TPSA) is 49.3 Å². The van der Waals surface area contributed by atoms with Crippen LogP contribution in [0.4, 0.5) is 0 Å². The van der Waals surface area contributed by atoms with Gasteiger partial charge in [-0.05, 0) is 11.6 Å². The Kier molecular flexibility index (Phi) is 2.65. The van der Waals surface area contributed by atoms with Crippen LogP contribution in [-0.4, -0.2) is 22.0 Å².